The summed E-state index contributed by atoms with van der Waals surface area (Å²) in [6.07, 6.45) is 0.636. The first kappa shape index (κ1) is 14.4. The molecule has 1 aliphatic carbocycles. The largest absolute Gasteiger partial charge is 0.301 e. The number of ketones is 2. The van der Waals surface area contributed by atoms with Gasteiger partial charge in [-0.25, -0.2) is 0 Å². The minimum absolute atomic E-state index is 0.0440. The molecule has 0 atom stereocenters. The summed E-state index contributed by atoms with van der Waals surface area (Å²) in [6.45, 7) is 12.6. The second-order valence-electron chi connectivity index (χ2n) is 6.91. The molecule has 0 unspecified atom stereocenters. The Hall–Kier alpha value is -0.700. The molecule has 0 heterocycles. The molecule has 1 saturated carbocycles. The average molecular weight is 239 g/mol. The third-order valence-corrected chi connectivity index (χ3v) is 3.47. The van der Waals surface area contributed by atoms with Crippen LogP contribution in [-0.2, 0) is 9.59 Å². The van der Waals surface area contributed by atoms with Gasteiger partial charge in [-0.15, -0.1) is 0 Å². The van der Waals surface area contributed by atoms with E-state index in [2.05, 4.69) is 19.2 Å². The van der Waals surface area contributed by atoms with E-state index in [1.54, 1.807) is 0 Å². The lowest BCUT2D eigenvalue weighted by Crippen LogP contribution is -2.59. The highest BCUT2D eigenvalue weighted by molar-refractivity contribution is 6.12. The number of carbonyl (C=O) groups excluding carboxylic acids is 2. The highest BCUT2D eigenvalue weighted by Crippen LogP contribution is 2.41. The van der Waals surface area contributed by atoms with Crippen molar-refractivity contribution in [1.82, 2.24) is 5.32 Å². The molecule has 1 aliphatic rings. The summed E-state index contributed by atoms with van der Waals surface area (Å²) in [7, 11) is 0. The van der Waals surface area contributed by atoms with Crippen molar-refractivity contribution in [3.8, 4) is 0 Å². The van der Waals surface area contributed by atoms with Crippen LogP contribution in [0.4, 0.5) is 0 Å². The lowest BCUT2D eigenvalue weighted by atomic mass is 9.62. The van der Waals surface area contributed by atoms with E-state index < -0.39 is 16.9 Å². The second kappa shape index (κ2) is 4.52. The molecule has 0 radical (unpaired) electrons. The van der Waals surface area contributed by atoms with Crippen LogP contribution in [0.5, 0.6) is 0 Å². The fourth-order valence-electron chi connectivity index (χ4n) is 2.72. The van der Waals surface area contributed by atoms with Crippen molar-refractivity contribution in [2.24, 2.45) is 16.7 Å². The van der Waals surface area contributed by atoms with Gasteiger partial charge in [-0.05, 0) is 18.9 Å². The summed E-state index contributed by atoms with van der Waals surface area (Å²) >= 11 is 0. The Morgan fingerprint density at radius 3 is 1.88 bits per heavy atom. The first-order valence-corrected chi connectivity index (χ1v) is 6.40. The molecule has 3 heteroatoms. The zero-order chi connectivity index (χ0) is 13.4. The maximum atomic E-state index is 12.3. The normalized spacial score (nSPS) is 24.4. The maximum Gasteiger partial charge on any atom is 0.162 e. The number of rotatable bonds is 3. The van der Waals surface area contributed by atoms with E-state index in [1.165, 1.54) is 0 Å². The molecule has 1 rings (SSSR count). The van der Waals surface area contributed by atoms with E-state index in [1.807, 2.05) is 27.7 Å². The Morgan fingerprint density at radius 1 is 1.12 bits per heavy atom. The van der Waals surface area contributed by atoms with Crippen LogP contribution in [0.1, 0.15) is 48.0 Å². The Labute approximate surface area is 104 Å². The van der Waals surface area contributed by atoms with Crippen molar-refractivity contribution in [3.63, 3.8) is 0 Å². The Morgan fingerprint density at radius 2 is 1.53 bits per heavy atom. The minimum Gasteiger partial charge on any atom is -0.301 e. The Bertz CT molecular complexity index is 303. The van der Waals surface area contributed by atoms with Gasteiger partial charge in [0.1, 0.15) is 6.04 Å². The molecule has 0 aromatic heterocycles. The molecule has 1 fully saturated rings. The highest BCUT2D eigenvalue weighted by atomic mass is 16.2. The zero-order valence-electron chi connectivity index (χ0n) is 11.9. The molecule has 98 valence electrons. The summed E-state index contributed by atoms with van der Waals surface area (Å²) < 4.78 is 0. The smallest absolute Gasteiger partial charge is 0.162 e. The fourth-order valence-corrected chi connectivity index (χ4v) is 2.72. The van der Waals surface area contributed by atoms with Gasteiger partial charge < -0.3 is 5.32 Å². The summed E-state index contributed by atoms with van der Waals surface area (Å²) in [5, 5.41) is 3.13. The molecule has 0 aromatic carbocycles. The molecule has 0 aliphatic heterocycles. The Kier molecular flexibility index (Phi) is 3.82. The van der Waals surface area contributed by atoms with Crippen LogP contribution in [-0.4, -0.2) is 24.2 Å². The molecule has 0 amide bonds. The van der Waals surface area contributed by atoms with Crippen LogP contribution < -0.4 is 5.32 Å². The average Bonchev–Trinajstić information content (AvgIpc) is 2.13. The first-order valence-electron chi connectivity index (χ1n) is 6.40. The van der Waals surface area contributed by atoms with Gasteiger partial charge in [0.2, 0.25) is 0 Å². The predicted molar refractivity (Wildman–Crippen MR) is 68.8 cm³/mol. The second-order valence-corrected chi connectivity index (χ2v) is 6.91. The van der Waals surface area contributed by atoms with Crippen molar-refractivity contribution < 1.29 is 9.59 Å². The number of Topliss-reactive ketones (excluding diaryl/α,β-unsaturated/α-hetero) is 2. The van der Waals surface area contributed by atoms with Crippen LogP contribution in [0.25, 0.3) is 0 Å². The molecule has 0 bridgehead atoms. The highest BCUT2D eigenvalue weighted by Gasteiger charge is 2.50. The lowest BCUT2D eigenvalue weighted by Gasteiger charge is -2.42. The summed E-state index contributed by atoms with van der Waals surface area (Å²) in [4.78, 5) is 24.5. The summed E-state index contributed by atoms with van der Waals surface area (Å²) in [5.41, 5.74) is -0.821. The van der Waals surface area contributed by atoms with E-state index in [9.17, 15) is 9.59 Å². The van der Waals surface area contributed by atoms with Gasteiger partial charge in [0, 0.05) is 10.8 Å². The number of hydrogen-bond donors (Lipinski definition) is 1. The Balaban J connectivity index is 2.92. The van der Waals surface area contributed by atoms with Crippen LogP contribution in [0, 0.1) is 16.7 Å². The summed E-state index contributed by atoms with van der Waals surface area (Å²) in [6, 6.07) is -0.615. The van der Waals surface area contributed by atoms with Crippen LogP contribution in [0.15, 0.2) is 0 Å². The van der Waals surface area contributed by atoms with E-state index in [-0.39, 0.29) is 11.6 Å². The van der Waals surface area contributed by atoms with Gasteiger partial charge in [0.25, 0.3) is 0 Å². The molecule has 0 aromatic rings. The molecule has 3 nitrogen and oxygen atoms in total. The van der Waals surface area contributed by atoms with Gasteiger partial charge in [-0.1, -0.05) is 41.5 Å². The van der Waals surface area contributed by atoms with E-state index in [0.717, 1.165) is 0 Å². The van der Waals surface area contributed by atoms with Crippen molar-refractivity contribution in [2.75, 3.05) is 6.54 Å². The predicted octanol–water partition coefficient (Wildman–Crippen LogP) is 2.19. The third-order valence-electron chi connectivity index (χ3n) is 3.47. The van der Waals surface area contributed by atoms with Crippen molar-refractivity contribution in [1.29, 1.82) is 0 Å². The molecule has 1 N–H and O–H groups in total. The number of carbonyl (C=O) groups is 2. The standard InChI is InChI=1S/C14H25NO2/c1-9(2)7-15-10-11(16)13(3,4)8-14(5,6)12(10)17/h9-10,15H,7-8H2,1-6H3. The molecular weight excluding hydrogens is 214 g/mol. The fraction of sp³-hybridized carbons (Fsp3) is 0.857. The van der Waals surface area contributed by atoms with E-state index in [0.29, 0.717) is 18.9 Å². The van der Waals surface area contributed by atoms with E-state index in [4.69, 9.17) is 0 Å². The van der Waals surface area contributed by atoms with Crippen molar-refractivity contribution >= 4 is 11.6 Å². The van der Waals surface area contributed by atoms with Gasteiger partial charge >= 0.3 is 0 Å². The van der Waals surface area contributed by atoms with Gasteiger partial charge in [0.15, 0.2) is 11.6 Å². The molecule has 0 spiro atoms. The topological polar surface area (TPSA) is 46.2 Å². The quantitative estimate of drug-likeness (QED) is 0.768. The minimum atomic E-state index is -0.615. The first-order chi connectivity index (χ1) is 7.58. The third kappa shape index (κ3) is 2.95. The van der Waals surface area contributed by atoms with Gasteiger partial charge in [0.05, 0.1) is 0 Å². The lowest BCUT2D eigenvalue weighted by molar-refractivity contribution is -0.147. The molecule has 0 saturated heterocycles. The molecule has 17 heavy (non-hydrogen) atoms. The van der Waals surface area contributed by atoms with Crippen molar-refractivity contribution in [2.45, 2.75) is 54.0 Å². The van der Waals surface area contributed by atoms with Crippen LogP contribution in [0.2, 0.25) is 0 Å². The van der Waals surface area contributed by atoms with Crippen molar-refractivity contribution in [3.05, 3.63) is 0 Å². The zero-order valence-corrected chi connectivity index (χ0v) is 11.9. The molecular formula is C14H25NO2. The maximum absolute atomic E-state index is 12.3. The van der Waals surface area contributed by atoms with Crippen LogP contribution >= 0.6 is 0 Å². The monoisotopic (exact) mass is 239 g/mol. The van der Waals surface area contributed by atoms with Crippen LogP contribution in [0.3, 0.4) is 0 Å². The van der Waals surface area contributed by atoms with Gasteiger partial charge in [-0.3, -0.25) is 9.59 Å². The number of nitrogens with one attached hydrogen (secondary N) is 1. The van der Waals surface area contributed by atoms with E-state index >= 15 is 0 Å². The summed E-state index contributed by atoms with van der Waals surface area (Å²) in [5.74, 6) is 0.522. The van der Waals surface area contributed by atoms with Gasteiger partial charge in [-0.2, -0.15) is 0 Å². The SMILES string of the molecule is CC(C)CNC1C(=O)C(C)(C)CC(C)(C)C1=O. The number of hydrogen-bond acceptors (Lipinski definition) is 3.